The van der Waals surface area contributed by atoms with E-state index in [1.54, 1.807) is 14.0 Å². The largest absolute Gasteiger partial charge is 0.459 e. The van der Waals surface area contributed by atoms with Crippen molar-refractivity contribution >= 4 is 17.7 Å². The Kier molecular flexibility index (Phi) is 8.19. The molecule has 8 nitrogen and oxygen atoms in total. The number of nitrogens with zero attached hydrogens (tertiary/aromatic N) is 2. The Bertz CT molecular complexity index is 400. The molecule has 0 saturated carbocycles. The lowest BCUT2D eigenvalue weighted by Crippen LogP contribution is -2.19. The maximum Gasteiger partial charge on any atom is 0.396 e. The highest BCUT2D eigenvalue weighted by atomic mass is 32.2. The van der Waals surface area contributed by atoms with E-state index in [1.807, 2.05) is 0 Å². The van der Waals surface area contributed by atoms with Gasteiger partial charge in [0.1, 0.15) is 0 Å². The van der Waals surface area contributed by atoms with Gasteiger partial charge in [0.25, 0.3) is 5.22 Å². The number of methoxy groups -OCH3 is 1. The normalized spacial score (nSPS) is 12.3. The van der Waals surface area contributed by atoms with Crippen LogP contribution in [0.15, 0.2) is 9.64 Å². The molecule has 1 aromatic rings. The highest BCUT2D eigenvalue weighted by Crippen LogP contribution is 2.17. The van der Waals surface area contributed by atoms with Crippen LogP contribution in [0.5, 0.6) is 0 Å². The lowest BCUT2D eigenvalue weighted by atomic mass is 10.4. The maximum atomic E-state index is 11.3. The van der Waals surface area contributed by atoms with Crippen molar-refractivity contribution in [3.8, 4) is 0 Å². The molecule has 0 aliphatic carbocycles. The van der Waals surface area contributed by atoms with E-state index in [4.69, 9.17) is 18.6 Å². The molecule has 0 amide bonds. The van der Waals surface area contributed by atoms with Gasteiger partial charge < -0.3 is 23.7 Å². The number of carbonyl (C=O) groups is 1. The molecule has 0 fully saturated rings. The molecule has 20 heavy (non-hydrogen) atoms. The Balaban J connectivity index is 2.26. The minimum absolute atomic E-state index is 0.190. The number of hydrogen-bond acceptors (Lipinski definition) is 9. The molecule has 0 saturated heterocycles. The van der Waals surface area contributed by atoms with Gasteiger partial charge in [0.05, 0.1) is 32.5 Å². The number of aromatic nitrogens is 2. The van der Waals surface area contributed by atoms with Crippen LogP contribution in [0.2, 0.25) is 0 Å². The molecule has 9 heteroatoms. The van der Waals surface area contributed by atoms with Gasteiger partial charge in [-0.2, -0.15) is 0 Å². The Hall–Kier alpha value is -1.16. The summed E-state index contributed by atoms with van der Waals surface area (Å²) in [5.41, 5.74) is 0. The number of carbonyl (C=O) groups excluding carboxylic acids is 1. The summed E-state index contributed by atoms with van der Waals surface area (Å²) < 4.78 is 19.8. The van der Waals surface area contributed by atoms with Crippen molar-refractivity contribution in [2.24, 2.45) is 0 Å². The van der Waals surface area contributed by atoms with E-state index in [1.165, 1.54) is 0 Å². The summed E-state index contributed by atoms with van der Waals surface area (Å²) >= 11 is 1.14. The van der Waals surface area contributed by atoms with Crippen molar-refractivity contribution in [1.29, 1.82) is 0 Å². The second-order valence-corrected chi connectivity index (χ2v) is 4.60. The van der Waals surface area contributed by atoms with Crippen LogP contribution >= 0.6 is 11.8 Å². The fourth-order valence-electron chi connectivity index (χ4n) is 1.12. The van der Waals surface area contributed by atoms with Gasteiger partial charge in [0, 0.05) is 12.9 Å². The van der Waals surface area contributed by atoms with Crippen molar-refractivity contribution in [2.75, 3.05) is 39.3 Å². The molecule has 0 spiro atoms. The summed E-state index contributed by atoms with van der Waals surface area (Å²) in [5.74, 6) is -0.535. The molecular weight excluding hydrogens is 288 g/mol. The average Bonchev–Trinajstić information content (AvgIpc) is 2.90. The van der Waals surface area contributed by atoms with Gasteiger partial charge >= 0.3 is 11.9 Å². The summed E-state index contributed by atoms with van der Waals surface area (Å²) in [5, 5.41) is 17.1. The highest BCUT2D eigenvalue weighted by molar-refractivity contribution is 7.99. The van der Waals surface area contributed by atoms with Gasteiger partial charge in [-0.05, 0) is 6.92 Å². The number of ether oxygens (including phenoxy) is 3. The van der Waals surface area contributed by atoms with Crippen molar-refractivity contribution in [1.82, 2.24) is 10.2 Å². The Morgan fingerprint density at radius 2 is 2.25 bits per heavy atom. The molecule has 1 atom stereocenters. The molecule has 0 radical (unpaired) electrons. The molecule has 1 heterocycles. The molecule has 0 aliphatic rings. The number of aliphatic hydroxyl groups is 1. The van der Waals surface area contributed by atoms with Gasteiger partial charge in [0.15, 0.2) is 0 Å². The van der Waals surface area contributed by atoms with Crippen LogP contribution in [0.25, 0.3) is 0 Å². The summed E-state index contributed by atoms with van der Waals surface area (Å²) in [6, 6.07) is 0. The molecule has 0 aliphatic heterocycles. The number of rotatable bonds is 10. The first-order chi connectivity index (χ1) is 9.67. The summed E-state index contributed by atoms with van der Waals surface area (Å²) in [4.78, 5) is 11.3. The van der Waals surface area contributed by atoms with E-state index in [9.17, 15) is 9.90 Å². The van der Waals surface area contributed by atoms with Crippen molar-refractivity contribution < 1.29 is 28.5 Å². The average molecular weight is 306 g/mol. The van der Waals surface area contributed by atoms with Crippen molar-refractivity contribution in [3.05, 3.63) is 5.89 Å². The Morgan fingerprint density at radius 1 is 1.45 bits per heavy atom. The van der Waals surface area contributed by atoms with Gasteiger partial charge in [-0.15, -0.1) is 5.10 Å². The van der Waals surface area contributed by atoms with E-state index in [2.05, 4.69) is 10.2 Å². The number of aliphatic hydroxyl groups excluding tert-OH is 1. The lowest BCUT2D eigenvalue weighted by molar-refractivity contribution is 0.0218. The van der Waals surface area contributed by atoms with Crippen LogP contribution in [0.3, 0.4) is 0 Å². The Morgan fingerprint density at radius 3 is 2.95 bits per heavy atom. The second-order valence-electron chi connectivity index (χ2n) is 3.63. The summed E-state index contributed by atoms with van der Waals surface area (Å²) in [7, 11) is 1.58. The molecule has 1 rings (SSSR count). The van der Waals surface area contributed by atoms with E-state index < -0.39 is 12.1 Å². The third-order valence-corrected chi connectivity index (χ3v) is 2.96. The van der Waals surface area contributed by atoms with E-state index in [0.29, 0.717) is 19.0 Å². The van der Waals surface area contributed by atoms with Crippen molar-refractivity contribution in [2.45, 2.75) is 18.3 Å². The zero-order valence-electron chi connectivity index (χ0n) is 11.4. The summed E-state index contributed by atoms with van der Waals surface area (Å²) in [6.45, 7) is 3.01. The van der Waals surface area contributed by atoms with Crippen LogP contribution in [0.4, 0.5) is 0 Å². The fourth-order valence-corrected chi connectivity index (χ4v) is 1.79. The number of hydrogen-bond donors (Lipinski definition) is 1. The van der Waals surface area contributed by atoms with E-state index in [-0.39, 0.29) is 24.3 Å². The standard InChI is InChI=1S/C11H18N2O6S/c1-3-18-10(15)9-12-13-11(19-9)20-7-8(14)6-17-5-4-16-2/h8,14H,3-7H2,1-2H3. The Labute approximate surface area is 120 Å². The summed E-state index contributed by atoms with van der Waals surface area (Å²) in [6.07, 6.45) is -0.671. The van der Waals surface area contributed by atoms with E-state index >= 15 is 0 Å². The van der Waals surface area contributed by atoms with Crippen LogP contribution in [-0.4, -0.2) is 66.7 Å². The monoisotopic (exact) mass is 306 g/mol. The highest BCUT2D eigenvalue weighted by Gasteiger charge is 2.17. The van der Waals surface area contributed by atoms with Crippen LogP contribution < -0.4 is 0 Å². The van der Waals surface area contributed by atoms with Gasteiger partial charge in [0.2, 0.25) is 0 Å². The predicted molar refractivity (Wildman–Crippen MR) is 69.7 cm³/mol. The molecule has 114 valence electrons. The fraction of sp³-hybridized carbons (Fsp3) is 0.727. The molecule has 1 aromatic heterocycles. The third kappa shape index (κ3) is 6.33. The lowest BCUT2D eigenvalue weighted by Gasteiger charge is -2.09. The SMILES string of the molecule is CCOC(=O)c1nnc(SCC(O)COCCOC)o1. The molecule has 1 unspecified atom stereocenters. The third-order valence-electron chi connectivity index (χ3n) is 2.00. The molecule has 0 aromatic carbocycles. The topological polar surface area (TPSA) is 104 Å². The van der Waals surface area contributed by atoms with Crippen LogP contribution in [-0.2, 0) is 14.2 Å². The number of esters is 1. The van der Waals surface area contributed by atoms with Crippen LogP contribution in [0, 0.1) is 0 Å². The second kappa shape index (κ2) is 9.70. The van der Waals surface area contributed by atoms with Gasteiger partial charge in [-0.3, -0.25) is 0 Å². The predicted octanol–water partition coefficient (Wildman–Crippen LogP) is 0.362. The minimum Gasteiger partial charge on any atom is -0.459 e. The minimum atomic E-state index is -0.671. The molecule has 0 bridgehead atoms. The van der Waals surface area contributed by atoms with Crippen molar-refractivity contribution in [3.63, 3.8) is 0 Å². The number of thioether (sulfide) groups is 1. The molecule has 1 N–H and O–H groups in total. The first-order valence-electron chi connectivity index (χ1n) is 6.05. The van der Waals surface area contributed by atoms with E-state index in [0.717, 1.165) is 11.8 Å². The van der Waals surface area contributed by atoms with Crippen LogP contribution in [0.1, 0.15) is 17.6 Å². The first-order valence-corrected chi connectivity index (χ1v) is 7.04. The zero-order valence-corrected chi connectivity index (χ0v) is 12.2. The first kappa shape index (κ1) is 16.9. The maximum absolute atomic E-state index is 11.3. The van der Waals surface area contributed by atoms with Gasteiger partial charge in [-0.1, -0.05) is 16.9 Å². The molecular formula is C11H18N2O6S. The van der Waals surface area contributed by atoms with Gasteiger partial charge in [-0.25, -0.2) is 4.79 Å². The quantitative estimate of drug-likeness (QED) is 0.373. The zero-order chi connectivity index (χ0) is 14.8. The smallest absolute Gasteiger partial charge is 0.396 e.